The van der Waals surface area contributed by atoms with E-state index in [0.29, 0.717) is 34.1 Å². The van der Waals surface area contributed by atoms with E-state index >= 15 is 0 Å². The number of ether oxygens (including phenoxy) is 1. The molecule has 1 aliphatic heterocycles. The van der Waals surface area contributed by atoms with Crippen molar-refractivity contribution in [3.8, 4) is 11.8 Å². The van der Waals surface area contributed by atoms with Crippen LogP contribution in [0.2, 0.25) is 0 Å². The summed E-state index contributed by atoms with van der Waals surface area (Å²) in [5, 5.41) is 30.1. The Morgan fingerprint density at radius 3 is 2.45 bits per heavy atom. The molecular weight excluding hydrogens is 399 g/mol. The number of anilines is 1. The predicted octanol–water partition coefficient (Wildman–Crippen LogP) is 4.06. The smallest absolute Gasteiger partial charge is 0.132 e. The van der Waals surface area contributed by atoms with E-state index < -0.39 is 17.7 Å². The van der Waals surface area contributed by atoms with Gasteiger partial charge in [0.05, 0.1) is 24.2 Å². The van der Waals surface area contributed by atoms with Crippen molar-refractivity contribution >= 4 is 5.69 Å². The molecule has 0 radical (unpaired) electrons. The standard InChI is InChI=1S/C24H23FN2O4/c1-24(2)23(29)22(20-11-15(12-26)3-10-21(20)31-24)27(17-6-4-16(25)5-7-17)13-18-8-9-19(14-28)30-18/h3-11,22-23,28-29H,13-14H2,1-2H3/t22-,23+/m0/s1. The fraction of sp³-hybridized carbons (Fsp3) is 0.292. The van der Waals surface area contributed by atoms with Crippen LogP contribution in [0, 0.1) is 17.1 Å². The van der Waals surface area contributed by atoms with Crippen molar-refractivity contribution in [1.82, 2.24) is 0 Å². The van der Waals surface area contributed by atoms with Gasteiger partial charge in [-0.15, -0.1) is 0 Å². The first-order valence-corrected chi connectivity index (χ1v) is 9.94. The first-order valence-electron chi connectivity index (χ1n) is 9.94. The van der Waals surface area contributed by atoms with Crippen LogP contribution in [0.1, 0.15) is 42.5 Å². The molecule has 1 aromatic heterocycles. The minimum atomic E-state index is -0.966. The molecule has 1 aliphatic rings. The Labute approximate surface area is 179 Å². The zero-order chi connectivity index (χ0) is 22.2. The Kier molecular flexibility index (Phi) is 5.44. The molecule has 2 N–H and O–H groups in total. The zero-order valence-corrected chi connectivity index (χ0v) is 17.2. The first kappa shape index (κ1) is 20.9. The van der Waals surface area contributed by atoms with Crippen LogP contribution in [-0.2, 0) is 13.2 Å². The Morgan fingerprint density at radius 2 is 1.81 bits per heavy atom. The van der Waals surface area contributed by atoms with Gasteiger partial charge in [0.25, 0.3) is 0 Å². The average Bonchev–Trinajstić information content (AvgIpc) is 3.21. The Bertz CT molecular complexity index is 1120. The molecule has 3 aromatic rings. The van der Waals surface area contributed by atoms with E-state index in [1.165, 1.54) is 12.1 Å². The third-order valence-corrected chi connectivity index (χ3v) is 5.54. The molecule has 4 rings (SSSR count). The number of furan rings is 1. The van der Waals surface area contributed by atoms with Gasteiger partial charge in [0.15, 0.2) is 0 Å². The highest BCUT2D eigenvalue weighted by Crippen LogP contribution is 2.45. The quantitative estimate of drug-likeness (QED) is 0.645. The van der Waals surface area contributed by atoms with Gasteiger partial charge in [0.1, 0.15) is 41.4 Å². The molecule has 2 atom stereocenters. The summed E-state index contributed by atoms with van der Waals surface area (Å²) in [6.07, 6.45) is -0.966. The number of rotatable bonds is 5. The SMILES string of the molecule is CC1(C)Oc2ccc(C#N)cc2[C@H](N(Cc2ccc(CO)o2)c2ccc(F)cc2)[C@H]1O. The summed E-state index contributed by atoms with van der Waals surface area (Å²) in [5.41, 5.74) is 0.852. The second-order valence-corrected chi connectivity index (χ2v) is 8.09. The number of nitrogens with zero attached hydrogens (tertiary/aromatic N) is 2. The molecule has 0 spiro atoms. The first-order chi connectivity index (χ1) is 14.8. The number of fused-ring (bicyclic) bond motifs is 1. The van der Waals surface area contributed by atoms with Crippen LogP contribution in [0.5, 0.6) is 5.75 Å². The lowest BCUT2D eigenvalue weighted by molar-refractivity contribution is -0.0591. The molecule has 160 valence electrons. The van der Waals surface area contributed by atoms with Crippen molar-refractivity contribution in [3.63, 3.8) is 0 Å². The van der Waals surface area contributed by atoms with Gasteiger partial charge in [0.2, 0.25) is 0 Å². The minimum absolute atomic E-state index is 0.224. The monoisotopic (exact) mass is 422 g/mol. The fourth-order valence-corrected chi connectivity index (χ4v) is 3.92. The summed E-state index contributed by atoms with van der Waals surface area (Å²) >= 11 is 0. The van der Waals surface area contributed by atoms with Crippen LogP contribution in [0.3, 0.4) is 0 Å². The molecule has 0 saturated heterocycles. The van der Waals surface area contributed by atoms with E-state index in [0.717, 1.165) is 0 Å². The highest BCUT2D eigenvalue weighted by molar-refractivity contribution is 5.55. The van der Waals surface area contributed by atoms with Gasteiger partial charge in [-0.05, 0) is 68.4 Å². The van der Waals surface area contributed by atoms with Gasteiger partial charge in [-0.25, -0.2) is 4.39 Å². The van der Waals surface area contributed by atoms with E-state index in [1.807, 2.05) is 4.90 Å². The van der Waals surface area contributed by atoms with Crippen molar-refractivity contribution in [2.75, 3.05) is 4.90 Å². The molecule has 31 heavy (non-hydrogen) atoms. The molecule has 0 amide bonds. The lowest BCUT2D eigenvalue weighted by Crippen LogP contribution is -2.53. The molecule has 7 heteroatoms. The lowest BCUT2D eigenvalue weighted by Gasteiger charge is -2.47. The van der Waals surface area contributed by atoms with Crippen molar-refractivity contribution in [3.05, 3.63) is 83.1 Å². The maximum Gasteiger partial charge on any atom is 0.132 e. The van der Waals surface area contributed by atoms with E-state index in [4.69, 9.17) is 9.15 Å². The third kappa shape index (κ3) is 4.00. The molecule has 6 nitrogen and oxygen atoms in total. The van der Waals surface area contributed by atoms with Gasteiger partial charge < -0.3 is 24.3 Å². The van der Waals surface area contributed by atoms with E-state index in [2.05, 4.69) is 6.07 Å². The molecule has 2 heterocycles. The van der Waals surface area contributed by atoms with Crippen LogP contribution in [0.25, 0.3) is 0 Å². The van der Waals surface area contributed by atoms with Crippen molar-refractivity contribution in [2.45, 2.75) is 44.7 Å². The zero-order valence-electron chi connectivity index (χ0n) is 17.2. The van der Waals surface area contributed by atoms with Gasteiger partial charge >= 0.3 is 0 Å². The van der Waals surface area contributed by atoms with Crippen LogP contribution >= 0.6 is 0 Å². The van der Waals surface area contributed by atoms with Gasteiger partial charge in [-0.2, -0.15) is 5.26 Å². The lowest BCUT2D eigenvalue weighted by atomic mass is 9.84. The molecule has 0 bridgehead atoms. The number of aliphatic hydroxyl groups excluding tert-OH is 2. The predicted molar refractivity (Wildman–Crippen MR) is 112 cm³/mol. The van der Waals surface area contributed by atoms with E-state index in [1.54, 1.807) is 56.3 Å². The number of hydrogen-bond acceptors (Lipinski definition) is 6. The Balaban J connectivity index is 1.86. The number of nitriles is 1. The summed E-state index contributed by atoms with van der Waals surface area (Å²) < 4.78 is 25.4. The fourth-order valence-electron chi connectivity index (χ4n) is 3.92. The van der Waals surface area contributed by atoms with Crippen LogP contribution < -0.4 is 9.64 Å². The molecular formula is C24H23FN2O4. The van der Waals surface area contributed by atoms with E-state index in [-0.39, 0.29) is 19.0 Å². The molecule has 0 unspecified atom stereocenters. The second-order valence-electron chi connectivity index (χ2n) is 8.09. The van der Waals surface area contributed by atoms with Crippen LogP contribution in [0.4, 0.5) is 10.1 Å². The maximum absolute atomic E-state index is 13.6. The highest BCUT2D eigenvalue weighted by Gasteiger charge is 2.46. The summed E-state index contributed by atoms with van der Waals surface area (Å²) in [6.45, 7) is 3.62. The number of halogens is 1. The summed E-state index contributed by atoms with van der Waals surface area (Å²) in [5.74, 6) is 1.20. The summed E-state index contributed by atoms with van der Waals surface area (Å²) in [7, 11) is 0. The molecule has 2 aromatic carbocycles. The third-order valence-electron chi connectivity index (χ3n) is 5.54. The molecule has 0 aliphatic carbocycles. The number of benzene rings is 2. The second kappa shape index (κ2) is 8.06. The maximum atomic E-state index is 13.6. The number of aliphatic hydroxyl groups is 2. The molecule has 0 fully saturated rings. The summed E-state index contributed by atoms with van der Waals surface area (Å²) in [4.78, 5) is 1.90. The van der Waals surface area contributed by atoms with Gasteiger partial charge in [0, 0.05) is 11.3 Å². The van der Waals surface area contributed by atoms with Gasteiger partial charge in [-0.1, -0.05) is 0 Å². The normalized spacial score (nSPS) is 19.2. The minimum Gasteiger partial charge on any atom is -0.485 e. The largest absolute Gasteiger partial charge is 0.485 e. The van der Waals surface area contributed by atoms with Crippen molar-refractivity contribution < 1.29 is 23.8 Å². The topological polar surface area (TPSA) is 89.9 Å². The van der Waals surface area contributed by atoms with Crippen molar-refractivity contribution in [2.24, 2.45) is 0 Å². The molecule has 0 saturated carbocycles. The van der Waals surface area contributed by atoms with Crippen molar-refractivity contribution in [1.29, 1.82) is 5.26 Å². The van der Waals surface area contributed by atoms with Crippen LogP contribution in [-0.4, -0.2) is 21.9 Å². The average molecular weight is 422 g/mol. The number of hydrogen-bond donors (Lipinski definition) is 2. The Morgan fingerprint density at radius 1 is 1.10 bits per heavy atom. The summed E-state index contributed by atoms with van der Waals surface area (Å²) in [6, 6.07) is 16.1. The van der Waals surface area contributed by atoms with Gasteiger partial charge in [-0.3, -0.25) is 0 Å². The highest BCUT2D eigenvalue weighted by atomic mass is 19.1. The Hall–Kier alpha value is -3.34. The van der Waals surface area contributed by atoms with Crippen LogP contribution in [0.15, 0.2) is 59.0 Å². The van der Waals surface area contributed by atoms with E-state index in [9.17, 15) is 19.9 Å².